The molecular formula is C14H18F3NO2. The zero-order chi connectivity index (χ0) is 14.6. The van der Waals surface area contributed by atoms with E-state index in [0.717, 1.165) is 24.4 Å². The van der Waals surface area contributed by atoms with Gasteiger partial charge in [0.1, 0.15) is 12.4 Å². The van der Waals surface area contributed by atoms with Gasteiger partial charge in [0.05, 0.1) is 13.2 Å². The Hall–Kier alpha value is -1.27. The smallest absolute Gasteiger partial charge is 0.411 e. The van der Waals surface area contributed by atoms with Crippen LogP contribution in [0.2, 0.25) is 0 Å². The van der Waals surface area contributed by atoms with Gasteiger partial charge < -0.3 is 9.47 Å². The van der Waals surface area contributed by atoms with E-state index in [9.17, 15) is 13.2 Å². The van der Waals surface area contributed by atoms with Crippen molar-refractivity contribution in [3.8, 4) is 5.75 Å². The van der Waals surface area contributed by atoms with E-state index in [1.165, 1.54) is 0 Å². The van der Waals surface area contributed by atoms with Crippen molar-refractivity contribution in [2.75, 3.05) is 26.8 Å². The molecule has 112 valence electrons. The van der Waals surface area contributed by atoms with Crippen molar-refractivity contribution < 1.29 is 22.6 Å². The molecule has 1 saturated heterocycles. The number of likely N-dealkylation sites (tertiary alicyclic amines) is 1. The maximum Gasteiger partial charge on any atom is 0.411 e. The minimum atomic E-state index is -4.25. The molecule has 0 saturated carbocycles. The summed E-state index contributed by atoms with van der Waals surface area (Å²) in [4.78, 5) is 2.10. The standard InChI is InChI=1S/C14H18F3NO2/c1-19-12-4-2-11(3-5-12)8-18-7-6-13(9-18)20-10-14(15,16)17/h2-5,13H,6-10H2,1H3/t13-/m1/s1. The summed E-state index contributed by atoms with van der Waals surface area (Å²) in [6.07, 6.45) is -3.93. The van der Waals surface area contributed by atoms with Crippen LogP contribution in [0.1, 0.15) is 12.0 Å². The molecule has 2 rings (SSSR count). The first kappa shape index (κ1) is 15.1. The van der Waals surface area contributed by atoms with Crippen LogP contribution >= 0.6 is 0 Å². The maximum absolute atomic E-state index is 12.1. The maximum atomic E-state index is 12.1. The first-order valence-corrected chi connectivity index (χ1v) is 6.50. The van der Waals surface area contributed by atoms with Crippen LogP contribution in [-0.4, -0.2) is 44.0 Å². The molecule has 20 heavy (non-hydrogen) atoms. The fourth-order valence-electron chi connectivity index (χ4n) is 2.28. The molecule has 1 fully saturated rings. The van der Waals surface area contributed by atoms with Crippen LogP contribution in [0.15, 0.2) is 24.3 Å². The molecule has 1 aromatic carbocycles. The number of nitrogens with zero attached hydrogens (tertiary/aromatic N) is 1. The van der Waals surface area contributed by atoms with Gasteiger partial charge in [-0.15, -0.1) is 0 Å². The Bertz CT molecular complexity index is 419. The molecular weight excluding hydrogens is 271 g/mol. The summed E-state index contributed by atoms with van der Waals surface area (Å²) in [6, 6.07) is 7.68. The van der Waals surface area contributed by atoms with E-state index in [1.807, 2.05) is 24.3 Å². The van der Waals surface area contributed by atoms with Gasteiger partial charge in [0.2, 0.25) is 0 Å². The van der Waals surface area contributed by atoms with Crippen LogP contribution in [0, 0.1) is 0 Å². The number of alkyl halides is 3. The summed E-state index contributed by atoms with van der Waals surface area (Å²) in [5.74, 6) is 0.793. The van der Waals surface area contributed by atoms with Gasteiger partial charge in [0.25, 0.3) is 0 Å². The minimum absolute atomic E-state index is 0.324. The van der Waals surface area contributed by atoms with E-state index in [4.69, 9.17) is 9.47 Å². The highest BCUT2D eigenvalue weighted by molar-refractivity contribution is 5.27. The van der Waals surface area contributed by atoms with E-state index in [2.05, 4.69) is 4.90 Å². The second kappa shape index (κ2) is 6.45. The first-order valence-electron chi connectivity index (χ1n) is 6.50. The van der Waals surface area contributed by atoms with Crippen molar-refractivity contribution in [1.29, 1.82) is 0 Å². The topological polar surface area (TPSA) is 21.7 Å². The van der Waals surface area contributed by atoms with Crippen LogP contribution in [0.3, 0.4) is 0 Å². The van der Waals surface area contributed by atoms with E-state index in [0.29, 0.717) is 13.0 Å². The van der Waals surface area contributed by atoms with Crippen molar-refractivity contribution in [2.45, 2.75) is 25.2 Å². The molecule has 1 aromatic rings. The minimum Gasteiger partial charge on any atom is -0.497 e. The lowest BCUT2D eigenvalue weighted by Gasteiger charge is -2.17. The van der Waals surface area contributed by atoms with Crippen LogP contribution in [-0.2, 0) is 11.3 Å². The van der Waals surface area contributed by atoms with Gasteiger partial charge in [-0.1, -0.05) is 12.1 Å². The highest BCUT2D eigenvalue weighted by Gasteiger charge is 2.31. The van der Waals surface area contributed by atoms with Crippen LogP contribution in [0.25, 0.3) is 0 Å². The summed E-state index contributed by atoms with van der Waals surface area (Å²) < 4.78 is 46.2. The fourth-order valence-corrected chi connectivity index (χ4v) is 2.28. The van der Waals surface area contributed by atoms with Gasteiger partial charge in [0.15, 0.2) is 0 Å². The lowest BCUT2D eigenvalue weighted by Crippen LogP contribution is -2.26. The number of rotatable bonds is 5. The second-order valence-corrected chi connectivity index (χ2v) is 4.92. The molecule has 1 aliphatic heterocycles. The quantitative estimate of drug-likeness (QED) is 0.832. The summed E-state index contributed by atoms with van der Waals surface area (Å²) in [7, 11) is 1.61. The molecule has 0 bridgehead atoms. The normalized spacial score (nSPS) is 20.3. The monoisotopic (exact) mass is 289 g/mol. The van der Waals surface area contributed by atoms with Gasteiger partial charge in [-0.2, -0.15) is 13.2 Å². The molecule has 1 atom stereocenters. The second-order valence-electron chi connectivity index (χ2n) is 4.92. The van der Waals surface area contributed by atoms with Crippen molar-refractivity contribution in [3.63, 3.8) is 0 Å². The molecule has 1 aliphatic rings. The van der Waals surface area contributed by atoms with Gasteiger partial charge in [-0.3, -0.25) is 4.90 Å². The van der Waals surface area contributed by atoms with Crippen molar-refractivity contribution >= 4 is 0 Å². The zero-order valence-electron chi connectivity index (χ0n) is 11.3. The Kier molecular flexibility index (Phi) is 4.88. The lowest BCUT2D eigenvalue weighted by atomic mass is 10.2. The molecule has 0 aromatic heterocycles. The third kappa shape index (κ3) is 4.68. The molecule has 0 N–H and O–H groups in total. The molecule has 0 spiro atoms. The third-order valence-corrected chi connectivity index (χ3v) is 3.28. The first-order chi connectivity index (χ1) is 9.46. The highest BCUT2D eigenvalue weighted by atomic mass is 19.4. The number of halogens is 3. The number of methoxy groups -OCH3 is 1. The Morgan fingerprint density at radius 2 is 1.95 bits per heavy atom. The summed E-state index contributed by atoms with van der Waals surface area (Å²) >= 11 is 0. The molecule has 0 unspecified atom stereocenters. The van der Waals surface area contributed by atoms with Crippen molar-refractivity contribution in [2.24, 2.45) is 0 Å². The molecule has 1 heterocycles. The third-order valence-electron chi connectivity index (χ3n) is 3.28. The van der Waals surface area contributed by atoms with Gasteiger partial charge in [0, 0.05) is 19.6 Å². The molecule has 0 aliphatic carbocycles. The summed E-state index contributed by atoms with van der Waals surface area (Å²) in [6.45, 7) is 0.862. The largest absolute Gasteiger partial charge is 0.497 e. The fraction of sp³-hybridized carbons (Fsp3) is 0.571. The predicted octanol–water partition coefficient (Wildman–Crippen LogP) is 2.85. The number of hydrogen-bond acceptors (Lipinski definition) is 3. The van der Waals surface area contributed by atoms with Crippen LogP contribution in [0.4, 0.5) is 13.2 Å². The van der Waals surface area contributed by atoms with Crippen molar-refractivity contribution in [1.82, 2.24) is 4.90 Å². The van der Waals surface area contributed by atoms with Gasteiger partial charge >= 0.3 is 6.18 Å². The van der Waals surface area contributed by atoms with Gasteiger partial charge in [-0.05, 0) is 24.1 Å². The highest BCUT2D eigenvalue weighted by Crippen LogP contribution is 2.21. The van der Waals surface area contributed by atoms with E-state index >= 15 is 0 Å². The number of hydrogen-bond donors (Lipinski definition) is 0. The zero-order valence-corrected chi connectivity index (χ0v) is 11.3. The van der Waals surface area contributed by atoms with E-state index < -0.39 is 12.8 Å². The molecule has 3 nitrogen and oxygen atoms in total. The van der Waals surface area contributed by atoms with Crippen molar-refractivity contribution in [3.05, 3.63) is 29.8 Å². The Labute approximate surface area is 116 Å². The lowest BCUT2D eigenvalue weighted by molar-refractivity contribution is -0.183. The van der Waals surface area contributed by atoms with Gasteiger partial charge in [-0.25, -0.2) is 0 Å². The molecule has 0 radical (unpaired) electrons. The van der Waals surface area contributed by atoms with Crippen LogP contribution in [0.5, 0.6) is 5.75 Å². The number of ether oxygens (including phenoxy) is 2. The van der Waals surface area contributed by atoms with E-state index in [-0.39, 0.29) is 6.10 Å². The average molecular weight is 289 g/mol. The van der Waals surface area contributed by atoms with E-state index in [1.54, 1.807) is 7.11 Å². The molecule has 6 heteroatoms. The Morgan fingerprint density at radius 3 is 2.55 bits per heavy atom. The summed E-state index contributed by atoms with van der Waals surface area (Å²) in [5, 5.41) is 0. The Morgan fingerprint density at radius 1 is 1.25 bits per heavy atom. The predicted molar refractivity (Wildman–Crippen MR) is 68.7 cm³/mol. The molecule has 0 amide bonds. The SMILES string of the molecule is COc1ccc(CN2CC[C@@H](OCC(F)(F)F)C2)cc1. The van der Waals surface area contributed by atoms with Crippen LogP contribution < -0.4 is 4.74 Å². The number of benzene rings is 1. The Balaban J connectivity index is 1.77. The summed E-state index contributed by atoms with van der Waals surface area (Å²) in [5.41, 5.74) is 1.11. The average Bonchev–Trinajstić information content (AvgIpc) is 2.84.